The van der Waals surface area contributed by atoms with Crippen molar-refractivity contribution in [2.24, 2.45) is 5.73 Å². The van der Waals surface area contributed by atoms with Crippen molar-refractivity contribution < 1.29 is 28.9 Å². The number of nitrogens with zero attached hydrogens (tertiary/aromatic N) is 1. The first kappa shape index (κ1) is 23.3. The molecule has 0 bridgehead atoms. The number of hydrogen-bond donors (Lipinski definition) is 3. The second kappa shape index (κ2) is 11.9. The number of benzene rings is 2. The number of aryl methyl sites for hydroxylation is 1. The molecule has 0 fully saturated rings. The minimum atomic E-state index is -1.26. The first-order valence-electron chi connectivity index (χ1n) is 8.54. The van der Waals surface area contributed by atoms with E-state index in [0.717, 1.165) is 5.56 Å². The molecule has 0 aromatic heterocycles. The van der Waals surface area contributed by atoms with Crippen LogP contribution in [-0.2, 0) is 9.59 Å². The Morgan fingerprint density at radius 2 is 1.79 bits per heavy atom. The minimum absolute atomic E-state index is 0.191. The molecule has 0 spiro atoms. The van der Waals surface area contributed by atoms with Crippen molar-refractivity contribution in [3.63, 3.8) is 0 Å². The number of aliphatic carboxylic acids is 2. The normalized spacial score (nSPS) is 11.1. The van der Waals surface area contributed by atoms with Crippen molar-refractivity contribution >= 4 is 11.9 Å². The van der Waals surface area contributed by atoms with Gasteiger partial charge in [0.2, 0.25) is 0 Å². The number of nitrogens with two attached hydrogens (primary N) is 1. The molecule has 4 N–H and O–H groups in total. The van der Waals surface area contributed by atoms with Crippen molar-refractivity contribution in [3.8, 4) is 11.8 Å². The van der Waals surface area contributed by atoms with E-state index in [0.29, 0.717) is 36.4 Å². The molecule has 0 aliphatic rings. The van der Waals surface area contributed by atoms with E-state index < -0.39 is 17.8 Å². The van der Waals surface area contributed by atoms with Crippen molar-refractivity contribution in [1.82, 2.24) is 0 Å². The molecule has 29 heavy (non-hydrogen) atoms. The van der Waals surface area contributed by atoms with E-state index in [2.05, 4.69) is 0 Å². The Morgan fingerprint density at radius 3 is 2.28 bits per heavy atom. The van der Waals surface area contributed by atoms with Crippen molar-refractivity contribution in [2.75, 3.05) is 6.54 Å². The fourth-order valence-corrected chi connectivity index (χ4v) is 2.25. The Balaban J connectivity index is 0.000000447. The monoisotopic (exact) mass is 400 g/mol. The average molecular weight is 400 g/mol. The highest BCUT2D eigenvalue weighted by molar-refractivity contribution is 5.89. The number of ether oxygens (including phenoxy) is 1. The van der Waals surface area contributed by atoms with Crippen molar-refractivity contribution in [1.29, 1.82) is 5.26 Å². The molecule has 0 saturated heterocycles. The molecule has 152 valence electrons. The highest BCUT2D eigenvalue weighted by Gasteiger charge is 2.16. The van der Waals surface area contributed by atoms with Gasteiger partial charge in [-0.2, -0.15) is 5.26 Å². The summed E-state index contributed by atoms with van der Waals surface area (Å²) >= 11 is 0. The van der Waals surface area contributed by atoms with Crippen LogP contribution in [0.25, 0.3) is 0 Å². The molecule has 0 amide bonds. The van der Waals surface area contributed by atoms with E-state index >= 15 is 0 Å². The number of nitriles is 1. The topological polar surface area (TPSA) is 134 Å². The largest absolute Gasteiger partial charge is 0.484 e. The van der Waals surface area contributed by atoms with Gasteiger partial charge in [0, 0.05) is 18.6 Å². The average Bonchev–Trinajstić information content (AvgIpc) is 2.69. The summed E-state index contributed by atoms with van der Waals surface area (Å²) in [7, 11) is 0. The summed E-state index contributed by atoms with van der Waals surface area (Å²) in [5.74, 6) is -2.53. The van der Waals surface area contributed by atoms with Gasteiger partial charge in [-0.25, -0.2) is 14.0 Å². The number of carboxylic acid groups (broad SMARTS) is 2. The van der Waals surface area contributed by atoms with E-state index in [1.165, 1.54) is 6.07 Å². The molecule has 0 aliphatic carbocycles. The molecule has 2 aromatic rings. The number of carbonyl (C=O) groups is 2. The van der Waals surface area contributed by atoms with E-state index in [9.17, 15) is 14.0 Å². The van der Waals surface area contributed by atoms with Crippen LogP contribution < -0.4 is 10.5 Å². The summed E-state index contributed by atoms with van der Waals surface area (Å²) in [6.07, 6.45) is 1.48. The molecular formula is C21H21FN2O5. The second-order valence-electron chi connectivity index (χ2n) is 5.81. The summed E-state index contributed by atoms with van der Waals surface area (Å²) < 4.78 is 19.5. The molecule has 1 atom stereocenters. The smallest absolute Gasteiger partial charge is 0.328 e. The quantitative estimate of drug-likeness (QED) is 0.608. The maximum atomic E-state index is 13.5. The zero-order chi connectivity index (χ0) is 21.8. The van der Waals surface area contributed by atoms with Gasteiger partial charge in [0.1, 0.15) is 23.7 Å². The number of hydrogen-bond acceptors (Lipinski definition) is 5. The maximum absolute atomic E-state index is 13.5. The molecule has 2 rings (SSSR count). The van der Waals surface area contributed by atoms with Gasteiger partial charge in [0.25, 0.3) is 0 Å². The van der Waals surface area contributed by atoms with Gasteiger partial charge in [0.15, 0.2) is 0 Å². The lowest BCUT2D eigenvalue weighted by molar-refractivity contribution is -0.134. The van der Waals surface area contributed by atoms with Crippen molar-refractivity contribution in [3.05, 3.63) is 77.1 Å². The molecule has 0 heterocycles. The SMILES string of the molecule is Cc1cc(O[C@H](CCN)c2ccccc2)c(C#N)cc1F.O=C(O)C=CC(=O)O. The summed E-state index contributed by atoms with van der Waals surface area (Å²) in [5, 5.41) is 24.8. The molecule has 0 unspecified atom stereocenters. The van der Waals surface area contributed by atoms with E-state index in [1.54, 1.807) is 13.0 Å². The predicted molar refractivity (Wildman–Crippen MR) is 104 cm³/mol. The van der Waals surface area contributed by atoms with Crippen LogP contribution in [0.3, 0.4) is 0 Å². The Bertz CT molecular complexity index is 891. The summed E-state index contributed by atoms with van der Waals surface area (Å²) in [6, 6.07) is 14.4. The van der Waals surface area contributed by atoms with Gasteiger partial charge in [-0.05, 0) is 36.7 Å². The van der Waals surface area contributed by atoms with E-state index in [-0.39, 0.29) is 11.7 Å². The highest BCUT2D eigenvalue weighted by atomic mass is 19.1. The molecule has 2 aromatic carbocycles. The van der Waals surface area contributed by atoms with Crippen LogP contribution in [-0.4, -0.2) is 28.7 Å². The van der Waals surface area contributed by atoms with Crippen LogP contribution in [0.1, 0.15) is 29.2 Å². The van der Waals surface area contributed by atoms with E-state index in [1.807, 2.05) is 36.4 Å². The summed E-state index contributed by atoms with van der Waals surface area (Å²) in [5.41, 5.74) is 7.26. The maximum Gasteiger partial charge on any atom is 0.328 e. The molecule has 0 saturated carbocycles. The standard InChI is InChI=1S/C17H17FN2O.C4H4O4/c1-12-9-17(14(11-20)10-15(12)18)21-16(7-8-19)13-5-3-2-4-6-13;5-3(6)1-2-4(7)8/h2-6,9-10,16H,7-8,19H2,1H3;1-2H,(H,5,6)(H,7,8)/t16-;/m1./s1. The molecule has 7 nitrogen and oxygen atoms in total. The zero-order valence-corrected chi connectivity index (χ0v) is 15.7. The third-order valence-electron chi connectivity index (χ3n) is 3.62. The Labute approximate surface area is 167 Å². The summed E-state index contributed by atoms with van der Waals surface area (Å²) in [6.45, 7) is 2.10. The van der Waals surface area contributed by atoms with Gasteiger partial charge in [-0.15, -0.1) is 0 Å². The predicted octanol–water partition coefficient (Wildman–Crippen LogP) is 3.19. The van der Waals surface area contributed by atoms with Gasteiger partial charge < -0.3 is 20.7 Å². The Kier molecular flexibility index (Phi) is 9.57. The Hall–Kier alpha value is -3.70. The third kappa shape index (κ3) is 8.24. The highest BCUT2D eigenvalue weighted by Crippen LogP contribution is 2.29. The van der Waals surface area contributed by atoms with Gasteiger partial charge in [-0.1, -0.05) is 30.3 Å². The van der Waals surface area contributed by atoms with Crippen LogP contribution in [0.4, 0.5) is 4.39 Å². The van der Waals surface area contributed by atoms with Crippen LogP contribution in [0, 0.1) is 24.1 Å². The van der Waals surface area contributed by atoms with Crippen LogP contribution in [0.5, 0.6) is 5.75 Å². The minimum Gasteiger partial charge on any atom is -0.484 e. The molecule has 8 heteroatoms. The second-order valence-corrected chi connectivity index (χ2v) is 5.81. The molecular weight excluding hydrogens is 379 g/mol. The zero-order valence-electron chi connectivity index (χ0n) is 15.7. The van der Waals surface area contributed by atoms with Gasteiger partial charge in [-0.3, -0.25) is 0 Å². The van der Waals surface area contributed by atoms with Crippen LogP contribution >= 0.6 is 0 Å². The molecule has 0 aliphatic heterocycles. The van der Waals surface area contributed by atoms with Gasteiger partial charge >= 0.3 is 11.9 Å². The lowest BCUT2D eigenvalue weighted by Crippen LogP contribution is -2.14. The lowest BCUT2D eigenvalue weighted by atomic mass is 10.1. The van der Waals surface area contributed by atoms with Gasteiger partial charge in [0.05, 0.1) is 5.56 Å². The lowest BCUT2D eigenvalue weighted by Gasteiger charge is -2.20. The van der Waals surface area contributed by atoms with Crippen LogP contribution in [0.15, 0.2) is 54.6 Å². The first-order valence-corrected chi connectivity index (χ1v) is 8.54. The van der Waals surface area contributed by atoms with E-state index in [4.69, 9.17) is 25.9 Å². The van der Waals surface area contributed by atoms with Crippen molar-refractivity contribution in [2.45, 2.75) is 19.4 Å². The fraction of sp³-hybridized carbons (Fsp3) is 0.190. The number of rotatable bonds is 7. The van der Waals surface area contributed by atoms with Crippen LogP contribution in [0.2, 0.25) is 0 Å². The summed E-state index contributed by atoms with van der Waals surface area (Å²) in [4.78, 5) is 19.1. The Morgan fingerprint density at radius 1 is 1.21 bits per heavy atom. The third-order valence-corrected chi connectivity index (χ3v) is 3.62. The number of carboxylic acids is 2. The fourth-order valence-electron chi connectivity index (χ4n) is 2.25. The number of halogens is 1. The first-order chi connectivity index (χ1) is 13.8. The molecule has 0 radical (unpaired) electrons.